The first-order valence-electron chi connectivity index (χ1n) is 5.38. The summed E-state index contributed by atoms with van der Waals surface area (Å²) in [7, 11) is 0. The number of amides is 2. The van der Waals surface area contributed by atoms with Crippen molar-refractivity contribution in [2.45, 2.75) is 19.4 Å². The third-order valence-electron chi connectivity index (χ3n) is 2.38. The lowest BCUT2D eigenvalue weighted by molar-refractivity contribution is 0.231. The third-order valence-corrected chi connectivity index (χ3v) is 2.38. The number of rotatable bonds is 4. The average Bonchev–Trinajstić information content (AvgIpc) is 2.26. The van der Waals surface area contributed by atoms with Crippen molar-refractivity contribution in [3.8, 4) is 0 Å². The van der Waals surface area contributed by atoms with E-state index in [1.807, 2.05) is 13.8 Å². The smallest absolute Gasteiger partial charge is 0.315 e. The highest BCUT2D eigenvalue weighted by Crippen LogP contribution is 2.20. The van der Waals surface area contributed by atoms with Crippen LogP contribution in [0.5, 0.6) is 0 Å². The van der Waals surface area contributed by atoms with Crippen molar-refractivity contribution in [3.63, 3.8) is 0 Å². The Kier molecular flexibility index (Phi) is 4.26. The van der Waals surface area contributed by atoms with Crippen LogP contribution in [-0.4, -0.2) is 12.6 Å². The van der Waals surface area contributed by atoms with Crippen molar-refractivity contribution in [1.29, 1.82) is 0 Å². The van der Waals surface area contributed by atoms with Gasteiger partial charge in [-0.25, -0.2) is 9.18 Å². The highest BCUT2D eigenvalue weighted by atomic mass is 19.1. The summed E-state index contributed by atoms with van der Waals surface area (Å²) < 4.78 is 13.1. The molecule has 0 aliphatic carbocycles. The van der Waals surface area contributed by atoms with E-state index in [-0.39, 0.29) is 11.8 Å². The van der Waals surface area contributed by atoms with Gasteiger partial charge in [-0.15, -0.1) is 6.58 Å². The summed E-state index contributed by atoms with van der Waals surface area (Å²) in [5.41, 5.74) is 0.0825. The monoisotopic (exact) mass is 236 g/mol. The summed E-state index contributed by atoms with van der Waals surface area (Å²) in [6.07, 6.45) is 1.59. The Labute approximate surface area is 101 Å². The molecule has 1 rings (SSSR count). The fourth-order valence-electron chi connectivity index (χ4n) is 1.44. The first kappa shape index (κ1) is 13.2. The van der Waals surface area contributed by atoms with Gasteiger partial charge in [-0.3, -0.25) is 0 Å². The second-order valence-corrected chi connectivity index (χ2v) is 4.26. The largest absolute Gasteiger partial charge is 0.335 e. The van der Waals surface area contributed by atoms with Gasteiger partial charge in [-0.1, -0.05) is 18.2 Å². The van der Waals surface area contributed by atoms with E-state index < -0.39 is 5.54 Å². The van der Waals surface area contributed by atoms with E-state index in [0.717, 1.165) is 0 Å². The topological polar surface area (TPSA) is 41.1 Å². The third kappa shape index (κ3) is 3.90. The molecule has 0 atom stereocenters. The van der Waals surface area contributed by atoms with Crippen LogP contribution in [0.1, 0.15) is 19.4 Å². The summed E-state index contributed by atoms with van der Waals surface area (Å²) in [5.74, 6) is -0.316. The van der Waals surface area contributed by atoms with E-state index in [4.69, 9.17) is 0 Å². The molecular weight excluding hydrogens is 219 g/mol. The molecule has 0 radical (unpaired) electrons. The van der Waals surface area contributed by atoms with Crippen molar-refractivity contribution in [2.24, 2.45) is 0 Å². The lowest BCUT2D eigenvalue weighted by atomic mass is 9.94. The van der Waals surface area contributed by atoms with Crippen molar-refractivity contribution in [2.75, 3.05) is 6.54 Å². The Morgan fingerprint density at radius 3 is 2.82 bits per heavy atom. The number of urea groups is 1. The predicted octanol–water partition coefficient (Wildman–Crippen LogP) is 2.55. The van der Waals surface area contributed by atoms with Crippen LogP contribution < -0.4 is 10.6 Å². The molecule has 0 saturated carbocycles. The maximum atomic E-state index is 13.1. The molecule has 1 aromatic carbocycles. The molecule has 0 saturated heterocycles. The molecule has 4 heteroatoms. The maximum absolute atomic E-state index is 13.1. The zero-order valence-electron chi connectivity index (χ0n) is 10.1. The second kappa shape index (κ2) is 5.48. The maximum Gasteiger partial charge on any atom is 0.315 e. The standard InChI is InChI=1S/C13H17FN2O/c1-4-8-15-12(17)16-13(2,3)10-6-5-7-11(14)9-10/h4-7,9H,1,8H2,2-3H3,(H2,15,16,17). The van der Waals surface area contributed by atoms with Crippen LogP contribution >= 0.6 is 0 Å². The normalized spacial score (nSPS) is 10.8. The molecule has 0 fully saturated rings. The van der Waals surface area contributed by atoms with Crippen molar-refractivity contribution in [3.05, 3.63) is 48.3 Å². The van der Waals surface area contributed by atoms with Gasteiger partial charge in [0.15, 0.2) is 0 Å². The van der Waals surface area contributed by atoms with E-state index in [1.54, 1.807) is 18.2 Å². The predicted molar refractivity (Wildman–Crippen MR) is 66.2 cm³/mol. The molecular formula is C13H17FN2O. The minimum Gasteiger partial charge on any atom is -0.335 e. The Bertz CT molecular complexity index is 416. The van der Waals surface area contributed by atoms with E-state index in [1.165, 1.54) is 12.1 Å². The van der Waals surface area contributed by atoms with Gasteiger partial charge in [-0.05, 0) is 31.5 Å². The molecule has 2 amide bonds. The zero-order valence-corrected chi connectivity index (χ0v) is 10.1. The molecule has 0 bridgehead atoms. The lowest BCUT2D eigenvalue weighted by Gasteiger charge is -2.27. The van der Waals surface area contributed by atoms with E-state index in [0.29, 0.717) is 12.1 Å². The summed E-state index contributed by atoms with van der Waals surface area (Å²) in [6, 6.07) is 5.87. The number of halogens is 1. The Balaban J connectivity index is 2.74. The van der Waals surface area contributed by atoms with Gasteiger partial charge in [0.25, 0.3) is 0 Å². The Hall–Kier alpha value is -1.84. The molecule has 0 aliphatic heterocycles. The van der Waals surface area contributed by atoms with Crippen LogP contribution in [0.25, 0.3) is 0 Å². The molecule has 2 N–H and O–H groups in total. The van der Waals surface area contributed by atoms with Crippen molar-refractivity contribution in [1.82, 2.24) is 10.6 Å². The van der Waals surface area contributed by atoms with Crippen LogP contribution in [0.4, 0.5) is 9.18 Å². The van der Waals surface area contributed by atoms with Gasteiger partial charge in [0.2, 0.25) is 0 Å². The van der Waals surface area contributed by atoms with Crippen LogP contribution in [0.3, 0.4) is 0 Å². The first-order valence-corrected chi connectivity index (χ1v) is 5.38. The molecule has 1 aromatic rings. The number of carbonyl (C=O) groups excluding carboxylic acids is 1. The molecule has 17 heavy (non-hydrogen) atoms. The van der Waals surface area contributed by atoms with Gasteiger partial charge in [0.05, 0.1) is 5.54 Å². The number of hydrogen-bond acceptors (Lipinski definition) is 1. The highest BCUT2D eigenvalue weighted by molar-refractivity contribution is 5.75. The van der Waals surface area contributed by atoms with E-state index >= 15 is 0 Å². The van der Waals surface area contributed by atoms with Gasteiger partial charge in [-0.2, -0.15) is 0 Å². The van der Waals surface area contributed by atoms with Crippen LogP contribution in [0.2, 0.25) is 0 Å². The second-order valence-electron chi connectivity index (χ2n) is 4.26. The van der Waals surface area contributed by atoms with E-state index in [2.05, 4.69) is 17.2 Å². The average molecular weight is 236 g/mol. The molecule has 0 aliphatic rings. The van der Waals surface area contributed by atoms with Gasteiger partial charge >= 0.3 is 6.03 Å². The van der Waals surface area contributed by atoms with Crippen LogP contribution in [0, 0.1) is 5.82 Å². The van der Waals surface area contributed by atoms with E-state index in [9.17, 15) is 9.18 Å². The number of nitrogens with one attached hydrogen (secondary N) is 2. The summed E-state index contributed by atoms with van der Waals surface area (Å²) in [6.45, 7) is 7.53. The lowest BCUT2D eigenvalue weighted by Crippen LogP contribution is -2.46. The number of carbonyl (C=O) groups is 1. The molecule has 0 spiro atoms. The summed E-state index contributed by atoms with van der Waals surface area (Å²) in [4.78, 5) is 11.5. The summed E-state index contributed by atoms with van der Waals surface area (Å²) in [5, 5.41) is 5.38. The SMILES string of the molecule is C=CCNC(=O)NC(C)(C)c1cccc(F)c1. The number of hydrogen-bond donors (Lipinski definition) is 2. The number of benzene rings is 1. The van der Waals surface area contributed by atoms with Crippen LogP contribution in [0.15, 0.2) is 36.9 Å². The fraction of sp³-hybridized carbons (Fsp3) is 0.308. The molecule has 0 aromatic heterocycles. The molecule has 0 heterocycles. The first-order chi connectivity index (χ1) is 7.95. The van der Waals surface area contributed by atoms with Gasteiger partial charge in [0, 0.05) is 6.54 Å². The van der Waals surface area contributed by atoms with Gasteiger partial charge < -0.3 is 10.6 Å². The van der Waals surface area contributed by atoms with Crippen LogP contribution in [-0.2, 0) is 5.54 Å². The minimum absolute atomic E-state index is 0.306. The fourth-order valence-corrected chi connectivity index (χ4v) is 1.44. The molecule has 92 valence electrons. The summed E-state index contributed by atoms with van der Waals surface area (Å²) >= 11 is 0. The van der Waals surface area contributed by atoms with Crippen molar-refractivity contribution >= 4 is 6.03 Å². The van der Waals surface area contributed by atoms with Gasteiger partial charge in [0.1, 0.15) is 5.82 Å². The zero-order chi connectivity index (χ0) is 12.9. The molecule has 3 nitrogen and oxygen atoms in total. The van der Waals surface area contributed by atoms with Crippen molar-refractivity contribution < 1.29 is 9.18 Å². The minimum atomic E-state index is -0.632. The Morgan fingerprint density at radius 2 is 2.24 bits per heavy atom. The Morgan fingerprint density at radius 1 is 1.53 bits per heavy atom. The molecule has 0 unspecified atom stereocenters. The highest BCUT2D eigenvalue weighted by Gasteiger charge is 2.22. The quantitative estimate of drug-likeness (QED) is 0.775.